The first-order valence-corrected chi connectivity index (χ1v) is 7.85. The summed E-state index contributed by atoms with van der Waals surface area (Å²) in [7, 11) is 0. The van der Waals surface area contributed by atoms with Gasteiger partial charge in [0.15, 0.2) is 0 Å². The van der Waals surface area contributed by atoms with Crippen molar-refractivity contribution in [2.75, 3.05) is 11.4 Å². The minimum atomic E-state index is -0.448. The molecule has 1 saturated heterocycles. The van der Waals surface area contributed by atoms with Crippen molar-refractivity contribution in [2.24, 2.45) is 0 Å². The third-order valence-corrected chi connectivity index (χ3v) is 4.00. The molecule has 2 amide bonds. The summed E-state index contributed by atoms with van der Waals surface area (Å²) in [5.74, 6) is -0.936. The molecule has 1 atom stereocenters. The Hall–Kier alpha value is -2.70. The summed E-state index contributed by atoms with van der Waals surface area (Å²) in [5, 5.41) is 6.95. The third kappa shape index (κ3) is 3.15. The van der Waals surface area contributed by atoms with Gasteiger partial charge in [0, 0.05) is 25.2 Å². The van der Waals surface area contributed by atoms with E-state index in [2.05, 4.69) is 10.4 Å². The second-order valence-electron chi connectivity index (χ2n) is 6.13. The van der Waals surface area contributed by atoms with Crippen molar-refractivity contribution < 1.29 is 14.0 Å². The maximum absolute atomic E-state index is 13.9. The lowest BCUT2D eigenvalue weighted by Gasteiger charge is -2.17. The number of nitrogens with one attached hydrogen (secondary N) is 1. The predicted molar refractivity (Wildman–Crippen MR) is 87.2 cm³/mol. The number of para-hydroxylation sites is 1. The number of hydrogen-bond acceptors (Lipinski definition) is 3. The molecule has 6 nitrogen and oxygen atoms in total. The number of nitrogens with zero attached hydrogens (tertiary/aromatic N) is 3. The number of carbonyl (C=O) groups is 2. The minimum Gasteiger partial charge on any atom is -0.347 e. The molecule has 0 aliphatic carbocycles. The number of aromatic nitrogens is 2. The Morgan fingerprint density at radius 3 is 2.79 bits per heavy atom. The Morgan fingerprint density at radius 2 is 2.12 bits per heavy atom. The van der Waals surface area contributed by atoms with E-state index in [0.29, 0.717) is 5.56 Å². The molecule has 1 aromatic carbocycles. The second kappa shape index (κ2) is 6.43. The van der Waals surface area contributed by atoms with E-state index in [-0.39, 0.29) is 42.6 Å². The van der Waals surface area contributed by atoms with Crippen molar-refractivity contribution in [1.29, 1.82) is 0 Å². The molecule has 1 aliphatic heterocycles. The zero-order valence-corrected chi connectivity index (χ0v) is 13.6. The van der Waals surface area contributed by atoms with Crippen LogP contribution in [0.15, 0.2) is 36.7 Å². The van der Waals surface area contributed by atoms with Crippen LogP contribution in [-0.4, -0.2) is 34.2 Å². The summed E-state index contributed by atoms with van der Waals surface area (Å²) >= 11 is 0. The van der Waals surface area contributed by atoms with Crippen LogP contribution in [0.5, 0.6) is 0 Å². The fourth-order valence-electron chi connectivity index (χ4n) is 2.71. The van der Waals surface area contributed by atoms with Crippen LogP contribution in [0, 0.1) is 5.82 Å². The van der Waals surface area contributed by atoms with Crippen molar-refractivity contribution >= 4 is 17.5 Å². The molecule has 0 bridgehead atoms. The van der Waals surface area contributed by atoms with Crippen molar-refractivity contribution in [3.05, 3.63) is 48.0 Å². The second-order valence-corrected chi connectivity index (χ2v) is 6.13. The monoisotopic (exact) mass is 330 g/mol. The van der Waals surface area contributed by atoms with Gasteiger partial charge >= 0.3 is 0 Å². The normalized spacial score (nSPS) is 17.6. The highest BCUT2D eigenvalue weighted by Gasteiger charge is 2.33. The Bertz CT molecular complexity index is 771. The summed E-state index contributed by atoms with van der Waals surface area (Å²) in [6, 6.07) is 5.94. The third-order valence-electron chi connectivity index (χ3n) is 4.00. The van der Waals surface area contributed by atoms with Gasteiger partial charge in [-0.15, -0.1) is 0 Å². The number of halogens is 1. The smallest absolute Gasteiger partial charge is 0.254 e. The van der Waals surface area contributed by atoms with Crippen LogP contribution in [-0.2, 0) is 4.79 Å². The van der Waals surface area contributed by atoms with Gasteiger partial charge in [0.25, 0.3) is 5.91 Å². The molecule has 3 rings (SSSR count). The van der Waals surface area contributed by atoms with Crippen LogP contribution in [0.25, 0.3) is 0 Å². The fraction of sp³-hybridized carbons (Fsp3) is 0.353. The number of anilines is 1. The first-order chi connectivity index (χ1) is 11.5. The molecule has 2 heterocycles. The van der Waals surface area contributed by atoms with E-state index in [1.165, 1.54) is 17.2 Å². The Balaban J connectivity index is 1.67. The van der Waals surface area contributed by atoms with Crippen LogP contribution >= 0.6 is 0 Å². The first kappa shape index (κ1) is 16.2. The van der Waals surface area contributed by atoms with E-state index >= 15 is 0 Å². The van der Waals surface area contributed by atoms with Gasteiger partial charge in [-0.1, -0.05) is 12.1 Å². The minimum absolute atomic E-state index is 0.151. The summed E-state index contributed by atoms with van der Waals surface area (Å²) in [6.45, 7) is 4.19. The van der Waals surface area contributed by atoms with Gasteiger partial charge in [0.1, 0.15) is 5.82 Å². The van der Waals surface area contributed by atoms with Crippen LogP contribution in [0.4, 0.5) is 10.1 Å². The van der Waals surface area contributed by atoms with Gasteiger partial charge in [0.2, 0.25) is 5.91 Å². The average Bonchev–Trinajstić information content (AvgIpc) is 3.15. The van der Waals surface area contributed by atoms with Crippen LogP contribution in [0.3, 0.4) is 0 Å². The maximum atomic E-state index is 13.9. The number of carbonyl (C=O) groups excluding carboxylic acids is 2. The number of amides is 2. The van der Waals surface area contributed by atoms with Crippen LogP contribution in [0.2, 0.25) is 0 Å². The van der Waals surface area contributed by atoms with E-state index in [0.717, 1.165) is 0 Å². The zero-order chi connectivity index (χ0) is 17.3. The Morgan fingerprint density at radius 1 is 1.38 bits per heavy atom. The fourth-order valence-corrected chi connectivity index (χ4v) is 2.71. The van der Waals surface area contributed by atoms with E-state index in [4.69, 9.17) is 0 Å². The molecule has 126 valence electrons. The van der Waals surface area contributed by atoms with Crippen molar-refractivity contribution in [1.82, 2.24) is 15.1 Å². The topological polar surface area (TPSA) is 67.2 Å². The van der Waals surface area contributed by atoms with Crippen LogP contribution in [0.1, 0.15) is 36.7 Å². The average molecular weight is 330 g/mol. The molecule has 1 aliphatic rings. The molecule has 24 heavy (non-hydrogen) atoms. The molecule has 1 unspecified atom stereocenters. The molecular weight excluding hydrogens is 311 g/mol. The van der Waals surface area contributed by atoms with Gasteiger partial charge in [-0.05, 0) is 26.0 Å². The zero-order valence-electron chi connectivity index (χ0n) is 13.6. The highest BCUT2D eigenvalue weighted by molar-refractivity contribution is 5.98. The van der Waals surface area contributed by atoms with Gasteiger partial charge in [-0.3, -0.25) is 14.3 Å². The summed E-state index contributed by atoms with van der Waals surface area (Å²) in [5.41, 5.74) is 0.687. The highest BCUT2D eigenvalue weighted by atomic mass is 19.1. The molecule has 2 aromatic rings. The van der Waals surface area contributed by atoms with E-state index < -0.39 is 5.82 Å². The Labute approximate surface area is 139 Å². The SMILES string of the molecule is CC(C)n1cc(C(=O)NC2CC(=O)N(c3ccccc3F)C2)cn1. The van der Waals surface area contributed by atoms with Gasteiger partial charge in [0.05, 0.1) is 23.5 Å². The highest BCUT2D eigenvalue weighted by Crippen LogP contribution is 2.24. The standard InChI is InChI=1S/C17H19FN4O2/c1-11(2)22-9-12(8-19-22)17(24)20-13-7-16(23)21(10-13)15-6-4-3-5-14(15)18/h3-6,8-9,11,13H,7,10H2,1-2H3,(H,20,24). The first-order valence-electron chi connectivity index (χ1n) is 7.85. The largest absolute Gasteiger partial charge is 0.347 e. The molecule has 0 spiro atoms. The van der Waals surface area contributed by atoms with Crippen LogP contribution < -0.4 is 10.2 Å². The number of benzene rings is 1. The van der Waals surface area contributed by atoms with E-state index in [1.54, 1.807) is 29.1 Å². The van der Waals surface area contributed by atoms with Gasteiger partial charge in [-0.2, -0.15) is 5.10 Å². The summed E-state index contributed by atoms with van der Waals surface area (Å²) < 4.78 is 15.6. The van der Waals surface area contributed by atoms with E-state index in [9.17, 15) is 14.0 Å². The molecule has 0 radical (unpaired) electrons. The lowest BCUT2D eigenvalue weighted by atomic mass is 10.2. The lowest BCUT2D eigenvalue weighted by Crippen LogP contribution is -2.37. The molecule has 1 fully saturated rings. The summed E-state index contributed by atoms with van der Waals surface area (Å²) in [6.07, 6.45) is 3.32. The predicted octanol–water partition coefficient (Wildman–Crippen LogP) is 2.14. The van der Waals surface area contributed by atoms with Crippen molar-refractivity contribution in [3.8, 4) is 0 Å². The van der Waals surface area contributed by atoms with Crippen molar-refractivity contribution in [2.45, 2.75) is 32.4 Å². The van der Waals surface area contributed by atoms with E-state index in [1.807, 2.05) is 13.8 Å². The molecule has 1 aromatic heterocycles. The quantitative estimate of drug-likeness (QED) is 0.934. The van der Waals surface area contributed by atoms with Gasteiger partial charge < -0.3 is 10.2 Å². The van der Waals surface area contributed by atoms with Crippen molar-refractivity contribution in [3.63, 3.8) is 0 Å². The molecule has 0 saturated carbocycles. The maximum Gasteiger partial charge on any atom is 0.254 e. The number of hydrogen-bond donors (Lipinski definition) is 1. The number of rotatable bonds is 4. The lowest BCUT2D eigenvalue weighted by molar-refractivity contribution is -0.117. The van der Waals surface area contributed by atoms with Gasteiger partial charge in [-0.25, -0.2) is 4.39 Å². The Kier molecular flexibility index (Phi) is 4.33. The summed E-state index contributed by atoms with van der Waals surface area (Å²) in [4.78, 5) is 25.8. The molecule has 1 N–H and O–H groups in total. The molecular formula is C17H19FN4O2. The molecule has 7 heteroatoms.